The minimum atomic E-state index is -1.17. The molecule has 1 rings (SSSR count). The van der Waals surface area contributed by atoms with Crippen molar-refractivity contribution in [2.75, 3.05) is 0 Å². The van der Waals surface area contributed by atoms with Crippen molar-refractivity contribution in [1.82, 2.24) is 4.98 Å². The molecule has 2 atom stereocenters. The molecule has 0 aromatic carbocycles. The van der Waals surface area contributed by atoms with Crippen LogP contribution in [-0.4, -0.2) is 32.3 Å². The predicted octanol–water partition coefficient (Wildman–Crippen LogP) is -0.377. The van der Waals surface area contributed by atoms with Crippen LogP contribution >= 0.6 is 0 Å². The van der Waals surface area contributed by atoms with Crippen LogP contribution in [0, 0.1) is 0 Å². The van der Waals surface area contributed by atoms with Gasteiger partial charge in [0, 0.05) is 6.42 Å². The van der Waals surface area contributed by atoms with Crippen LogP contribution in [0.1, 0.15) is 18.2 Å². The molecule has 6 nitrogen and oxygen atoms in total. The van der Waals surface area contributed by atoms with E-state index in [9.17, 15) is 9.90 Å². The monoisotopic (exact) mass is 212 g/mol. The molecule has 1 heterocycles. The van der Waals surface area contributed by atoms with E-state index in [1.807, 2.05) is 0 Å². The second-order valence-electron chi connectivity index (χ2n) is 3.14. The molecule has 15 heavy (non-hydrogen) atoms. The van der Waals surface area contributed by atoms with E-state index in [0.29, 0.717) is 0 Å². The zero-order chi connectivity index (χ0) is 11.4. The Labute approximate surface area is 86.0 Å². The normalized spacial score (nSPS) is 14.5. The molecule has 82 valence electrons. The Bertz CT molecular complexity index is 338. The molecule has 0 bridgehead atoms. The first-order valence-electron chi connectivity index (χ1n) is 4.32. The zero-order valence-electron chi connectivity index (χ0n) is 7.87. The molecular weight excluding hydrogens is 200 g/mol. The fraction of sp³-hybridized carbons (Fsp3) is 0.333. The fourth-order valence-electron chi connectivity index (χ4n) is 1.06. The summed E-state index contributed by atoms with van der Waals surface area (Å²) < 4.78 is 0. The van der Waals surface area contributed by atoms with Gasteiger partial charge >= 0.3 is 5.97 Å². The van der Waals surface area contributed by atoms with E-state index in [0.717, 1.165) is 0 Å². The molecule has 6 heteroatoms. The third kappa shape index (κ3) is 3.19. The minimum Gasteiger partial charge on any atom is -0.506 e. The Morgan fingerprint density at radius 1 is 1.53 bits per heavy atom. The first-order chi connectivity index (χ1) is 7.00. The fourth-order valence-corrected chi connectivity index (χ4v) is 1.06. The van der Waals surface area contributed by atoms with Gasteiger partial charge in [-0.25, -0.2) is 0 Å². The number of aliphatic carboxylic acids is 1. The summed E-state index contributed by atoms with van der Waals surface area (Å²) in [5, 5.41) is 27.0. The number of hydrogen-bond acceptors (Lipinski definition) is 5. The third-order valence-corrected chi connectivity index (χ3v) is 1.91. The summed E-state index contributed by atoms with van der Waals surface area (Å²) in [6.45, 7) is 0. The molecule has 0 aliphatic carbocycles. The number of carboxylic acid groups (broad SMARTS) is 1. The van der Waals surface area contributed by atoms with Crippen molar-refractivity contribution in [1.29, 1.82) is 0 Å². The van der Waals surface area contributed by atoms with Gasteiger partial charge in [0.25, 0.3) is 0 Å². The molecule has 0 fully saturated rings. The third-order valence-electron chi connectivity index (χ3n) is 1.91. The molecule has 0 aliphatic heterocycles. The average Bonchev–Trinajstić information content (AvgIpc) is 2.18. The number of nitrogens with two attached hydrogens (primary N) is 1. The lowest BCUT2D eigenvalue weighted by molar-refractivity contribution is -0.139. The molecule has 0 saturated carbocycles. The van der Waals surface area contributed by atoms with E-state index >= 15 is 0 Å². The number of rotatable bonds is 4. The molecular formula is C9H12N2O4. The van der Waals surface area contributed by atoms with Crippen molar-refractivity contribution in [3.05, 3.63) is 24.0 Å². The number of aliphatic hydroxyl groups excluding tert-OH is 1. The highest BCUT2D eigenvalue weighted by Gasteiger charge is 2.18. The van der Waals surface area contributed by atoms with E-state index in [4.69, 9.17) is 15.9 Å². The van der Waals surface area contributed by atoms with Gasteiger partial charge in [-0.15, -0.1) is 0 Å². The van der Waals surface area contributed by atoms with Gasteiger partial charge in [0.05, 0.1) is 18.0 Å². The summed E-state index contributed by atoms with van der Waals surface area (Å²) in [6.07, 6.45) is 0.00880. The second kappa shape index (κ2) is 4.72. The van der Waals surface area contributed by atoms with E-state index in [2.05, 4.69) is 4.98 Å². The number of hydrogen-bond donors (Lipinski definition) is 4. The lowest BCUT2D eigenvalue weighted by atomic mass is 10.1. The number of aromatic hydroxyl groups is 1. The van der Waals surface area contributed by atoms with Crippen molar-refractivity contribution in [3.63, 3.8) is 0 Å². The highest BCUT2D eigenvalue weighted by molar-refractivity contribution is 5.73. The predicted molar refractivity (Wildman–Crippen MR) is 51.1 cm³/mol. The summed E-state index contributed by atoms with van der Waals surface area (Å²) in [7, 11) is 0. The smallest absolute Gasteiger partial charge is 0.320 e. The van der Waals surface area contributed by atoms with Crippen LogP contribution in [0.2, 0.25) is 0 Å². The van der Waals surface area contributed by atoms with Gasteiger partial charge in [0.1, 0.15) is 11.8 Å². The summed E-state index contributed by atoms with van der Waals surface area (Å²) >= 11 is 0. The number of carboxylic acids is 1. The summed E-state index contributed by atoms with van der Waals surface area (Å²) in [4.78, 5) is 14.2. The number of aromatic nitrogens is 1. The first-order valence-corrected chi connectivity index (χ1v) is 4.32. The minimum absolute atomic E-state index is 0.0199. The van der Waals surface area contributed by atoms with Crippen LogP contribution in [0.15, 0.2) is 18.3 Å². The molecule has 0 spiro atoms. The van der Waals surface area contributed by atoms with Gasteiger partial charge in [-0.1, -0.05) is 0 Å². The van der Waals surface area contributed by atoms with E-state index in [1.54, 1.807) is 0 Å². The van der Waals surface area contributed by atoms with Crippen molar-refractivity contribution >= 4 is 5.97 Å². The quantitative estimate of drug-likeness (QED) is 0.540. The topological polar surface area (TPSA) is 117 Å². The molecule has 0 aliphatic rings. The summed E-state index contributed by atoms with van der Waals surface area (Å²) in [6, 6.07) is 1.64. The first kappa shape index (κ1) is 11.4. The number of aliphatic hydroxyl groups is 1. The Balaban J connectivity index is 2.64. The number of nitrogens with zero attached hydrogens (tertiary/aromatic N) is 1. The van der Waals surface area contributed by atoms with Gasteiger partial charge < -0.3 is 21.1 Å². The highest BCUT2D eigenvalue weighted by Crippen LogP contribution is 2.17. The van der Waals surface area contributed by atoms with Gasteiger partial charge in [-0.05, 0) is 12.1 Å². The second-order valence-corrected chi connectivity index (χ2v) is 3.14. The molecule has 2 unspecified atom stereocenters. The van der Waals surface area contributed by atoms with Crippen LogP contribution in [0.4, 0.5) is 0 Å². The van der Waals surface area contributed by atoms with Gasteiger partial charge in [-0.3, -0.25) is 9.78 Å². The maximum atomic E-state index is 10.4. The van der Waals surface area contributed by atoms with Gasteiger partial charge in [0.15, 0.2) is 0 Å². The van der Waals surface area contributed by atoms with E-state index in [1.165, 1.54) is 18.3 Å². The Hall–Kier alpha value is -1.66. The lowest BCUT2D eigenvalue weighted by Crippen LogP contribution is -2.32. The van der Waals surface area contributed by atoms with E-state index < -0.39 is 18.1 Å². The molecule has 1 aromatic rings. The molecule has 0 amide bonds. The Morgan fingerprint density at radius 2 is 2.20 bits per heavy atom. The van der Waals surface area contributed by atoms with Crippen molar-refractivity contribution < 1.29 is 20.1 Å². The van der Waals surface area contributed by atoms with Crippen LogP contribution in [-0.2, 0) is 4.79 Å². The molecule has 0 radical (unpaired) electrons. The van der Waals surface area contributed by atoms with Crippen LogP contribution in [0.3, 0.4) is 0 Å². The van der Waals surface area contributed by atoms with Crippen molar-refractivity contribution in [2.45, 2.75) is 18.6 Å². The van der Waals surface area contributed by atoms with Gasteiger partial charge in [0.2, 0.25) is 0 Å². The number of carbonyl (C=O) groups is 1. The molecule has 0 saturated heterocycles. The van der Waals surface area contributed by atoms with Crippen LogP contribution < -0.4 is 5.73 Å². The van der Waals surface area contributed by atoms with E-state index in [-0.39, 0.29) is 17.9 Å². The number of pyridine rings is 1. The summed E-state index contributed by atoms with van der Waals surface area (Å²) in [5.74, 6) is -1.19. The average molecular weight is 212 g/mol. The summed E-state index contributed by atoms with van der Waals surface area (Å²) in [5.41, 5.74) is 5.53. The maximum Gasteiger partial charge on any atom is 0.320 e. The SMILES string of the molecule is NC(CC(O)c1ccc(O)cn1)C(=O)O. The standard InChI is InChI=1S/C9H12N2O4/c10-6(9(14)15)3-8(13)7-2-1-5(12)4-11-7/h1-2,4,6,8,12-13H,3,10H2,(H,14,15). The highest BCUT2D eigenvalue weighted by atomic mass is 16.4. The van der Waals surface area contributed by atoms with Crippen molar-refractivity contribution in [2.24, 2.45) is 5.73 Å². The largest absolute Gasteiger partial charge is 0.506 e. The molecule has 5 N–H and O–H groups in total. The zero-order valence-corrected chi connectivity index (χ0v) is 7.87. The van der Waals surface area contributed by atoms with Crippen molar-refractivity contribution in [3.8, 4) is 5.75 Å². The van der Waals surface area contributed by atoms with Crippen LogP contribution in [0.25, 0.3) is 0 Å². The maximum absolute atomic E-state index is 10.4. The Morgan fingerprint density at radius 3 is 2.67 bits per heavy atom. The Kier molecular flexibility index (Phi) is 3.59. The van der Waals surface area contributed by atoms with Gasteiger partial charge in [-0.2, -0.15) is 0 Å². The molecule has 1 aromatic heterocycles. The lowest BCUT2D eigenvalue weighted by Gasteiger charge is -2.12. The van der Waals surface area contributed by atoms with Crippen LogP contribution in [0.5, 0.6) is 5.75 Å².